The molecule has 0 aliphatic heterocycles. The van der Waals surface area contributed by atoms with Crippen LogP contribution in [0.25, 0.3) is 0 Å². The molecular weight excluding hydrogens is 186 g/mol. The molecule has 68 valence electrons. The van der Waals surface area contributed by atoms with Crippen molar-refractivity contribution >= 4 is 16.5 Å². The largest absolute Gasteiger partial charge is 0.356 e. The van der Waals surface area contributed by atoms with E-state index in [4.69, 9.17) is 0 Å². The molecule has 0 atom stereocenters. The molecule has 0 aliphatic carbocycles. The Hall–Kier alpha value is -1.43. The highest BCUT2D eigenvalue weighted by molar-refractivity contribution is 7.15. The Balaban J connectivity index is 1.93. The summed E-state index contributed by atoms with van der Waals surface area (Å²) in [5, 5.41) is 19.4. The first-order chi connectivity index (χ1) is 6.34. The van der Waals surface area contributed by atoms with Crippen LogP contribution < -0.4 is 5.32 Å². The van der Waals surface area contributed by atoms with Crippen molar-refractivity contribution in [3.63, 3.8) is 0 Å². The number of nitrogens with zero attached hydrogens (tertiary/aromatic N) is 3. The molecule has 0 radical (unpaired) electrons. The van der Waals surface area contributed by atoms with Crippen LogP contribution in [0.1, 0.15) is 10.6 Å². The number of hydrogen-bond donors (Lipinski definition) is 2. The third-order valence-electron chi connectivity index (χ3n) is 1.52. The van der Waals surface area contributed by atoms with Gasteiger partial charge in [-0.05, 0) is 6.92 Å². The van der Waals surface area contributed by atoms with Gasteiger partial charge < -0.3 is 5.32 Å². The molecule has 0 fully saturated rings. The van der Waals surface area contributed by atoms with Crippen LogP contribution in [0.5, 0.6) is 0 Å². The zero-order valence-corrected chi connectivity index (χ0v) is 7.93. The molecular formula is C7H9N5S. The number of aryl methyl sites for hydroxylation is 1. The third-order valence-corrected chi connectivity index (χ3v) is 2.32. The van der Waals surface area contributed by atoms with Gasteiger partial charge in [-0.2, -0.15) is 5.10 Å². The summed E-state index contributed by atoms with van der Waals surface area (Å²) in [6, 6.07) is 0. The Morgan fingerprint density at radius 2 is 2.46 bits per heavy atom. The highest BCUT2D eigenvalue weighted by Crippen LogP contribution is 2.14. The molecule has 0 aromatic carbocycles. The van der Waals surface area contributed by atoms with Crippen LogP contribution in [0.4, 0.5) is 5.13 Å². The number of hydrogen-bond acceptors (Lipinski definition) is 5. The molecule has 13 heavy (non-hydrogen) atoms. The monoisotopic (exact) mass is 195 g/mol. The quantitative estimate of drug-likeness (QED) is 0.771. The summed E-state index contributed by atoms with van der Waals surface area (Å²) in [6.07, 6.45) is 3.63. The van der Waals surface area contributed by atoms with Crippen LogP contribution in [0.3, 0.4) is 0 Å². The fraction of sp³-hybridized carbons (Fsp3) is 0.286. The van der Waals surface area contributed by atoms with E-state index < -0.39 is 0 Å². The Morgan fingerprint density at radius 3 is 3.08 bits per heavy atom. The number of H-pyrrole nitrogens is 1. The van der Waals surface area contributed by atoms with Gasteiger partial charge in [0.05, 0.1) is 6.20 Å². The van der Waals surface area contributed by atoms with Crippen molar-refractivity contribution in [3.05, 3.63) is 23.0 Å². The van der Waals surface area contributed by atoms with Gasteiger partial charge in [0.15, 0.2) is 0 Å². The Bertz CT molecular complexity index is 366. The lowest BCUT2D eigenvalue weighted by molar-refractivity contribution is 1.03. The minimum absolute atomic E-state index is 0.727. The molecule has 2 aromatic heterocycles. The van der Waals surface area contributed by atoms with Gasteiger partial charge in [0.1, 0.15) is 5.01 Å². The van der Waals surface area contributed by atoms with Gasteiger partial charge >= 0.3 is 0 Å². The van der Waals surface area contributed by atoms with Crippen molar-refractivity contribution in [2.24, 2.45) is 0 Å². The summed E-state index contributed by atoms with van der Waals surface area (Å²) >= 11 is 1.55. The normalized spacial score (nSPS) is 10.2. The highest BCUT2D eigenvalue weighted by atomic mass is 32.1. The molecule has 0 bridgehead atoms. The molecule has 0 unspecified atom stereocenters. The molecule has 0 spiro atoms. The Morgan fingerprint density at radius 1 is 1.54 bits per heavy atom. The molecule has 0 aliphatic rings. The summed E-state index contributed by atoms with van der Waals surface area (Å²) in [6.45, 7) is 2.66. The maximum absolute atomic E-state index is 3.94. The summed E-state index contributed by atoms with van der Waals surface area (Å²) in [7, 11) is 0. The first kappa shape index (κ1) is 8.18. The molecule has 6 heteroatoms. The van der Waals surface area contributed by atoms with Crippen molar-refractivity contribution < 1.29 is 0 Å². The molecule has 0 amide bonds. The van der Waals surface area contributed by atoms with E-state index in [-0.39, 0.29) is 0 Å². The van der Waals surface area contributed by atoms with E-state index in [0.29, 0.717) is 0 Å². The lowest BCUT2D eigenvalue weighted by atomic mass is 10.4. The van der Waals surface area contributed by atoms with Crippen molar-refractivity contribution in [1.29, 1.82) is 0 Å². The standard InChI is InChI=1S/C7H9N5S/c1-5-11-12-7(13-5)8-2-6-3-9-10-4-6/h3-4H,2H2,1H3,(H,8,12)(H,9,10). The van der Waals surface area contributed by atoms with Gasteiger partial charge in [0, 0.05) is 18.3 Å². The Kier molecular flexibility index (Phi) is 2.22. The maximum atomic E-state index is 3.94. The lowest BCUT2D eigenvalue weighted by Crippen LogP contribution is -1.97. The number of aromatic nitrogens is 4. The van der Waals surface area contributed by atoms with Crippen LogP contribution in [0, 0.1) is 6.92 Å². The average Bonchev–Trinajstić information content (AvgIpc) is 2.71. The van der Waals surface area contributed by atoms with Gasteiger partial charge in [-0.1, -0.05) is 11.3 Å². The van der Waals surface area contributed by atoms with E-state index >= 15 is 0 Å². The predicted molar refractivity (Wildman–Crippen MR) is 50.6 cm³/mol. The minimum atomic E-state index is 0.727. The molecule has 2 rings (SSSR count). The molecule has 5 nitrogen and oxygen atoms in total. The second-order valence-corrected chi connectivity index (χ2v) is 3.77. The third kappa shape index (κ3) is 2.03. The van der Waals surface area contributed by atoms with Crippen LogP contribution in [0.15, 0.2) is 12.4 Å². The van der Waals surface area contributed by atoms with Gasteiger partial charge in [0.2, 0.25) is 5.13 Å². The number of anilines is 1. The van der Waals surface area contributed by atoms with Gasteiger partial charge in [-0.15, -0.1) is 10.2 Å². The molecule has 2 heterocycles. The highest BCUT2D eigenvalue weighted by Gasteiger charge is 1.99. The summed E-state index contributed by atoms with van der Waals surface area (Å²) in [5.41, 5.74) is 1.10. The summed E-state index contributed by atoms with van der Waals surface area (Å²) < 4.78 is 0. The van der Waals surface area contributed by atoms with Crippen LogP contribution in [-0.2, 0) is 6.54 Å². The van der Waals surface area contributed by atoms with E-state index in [0.717, 1.165) is 22.2 Å². The minimum Gasteiger partial charge on any atom is -0.356 e. The summed E-state index contributed by atoms with van der Waals surface area (Å²) in [4.78, 5) is 0. The van der Waals surface area contributed by atoms with Crippen molar-refractivity contribution in [3.8, 4) is 0 Å². The molecule has 0 saturated heterocycles. The second kappa shape index (κ2) is 3.53. The zero-order valence-electron chi connectivity index (χ0n) is 7.11. The first-order valence-electron chi connectivity index (χ1n) is 3.86. The van der Waals surface area contributed by atoms with Crippen molar-refractivity contribution in [1.82, 2.24) is 20.4 Å². The van der Waals surface area contributed by atoms with E-state index in [9.17, 15) is 0 Å². The second-order valence-electron chi connectivity index (χ2n) is 2.59. The average molecular weight is 195 g/mol. The number of rotatable bonds is 3. The fourth-order valence-electron chi connectivity index (χ4n) is 0.920. The number of nitrogens with one attached hydrogen (secondary N) is 2. The van der Waals surface area contributed by atoms with E-state index in [1.165, 1.54) is 0 Å². The summed E-state index contributed by atoms with van der Waals surface area (Å²) in [5.74, 6) is 0. The van der Waals surface area contributed by atoms with Gasteiger partial charge in [-0.25, -0.2) is 0 Å². The van der Waals surface area contributed by atoms with E-state index in [1.54, 1.807) is 17.5 Å². The van der Waals surface area contributed by atoms with Crippen molar-refractivity contribution in [2.45, 2.75) is 13.5 Å². The molecule has 0 saturated carbocycles. The maximum Gasteiger partial charge on any atom is 0.205 e. The molecule has 2 N–H and O–H groups in total. The SMILES string of the molecule is Cc1nnc(NCc2cn[nH]c2)s1. The van der Waals surface area contributed by atoms with Gasteiger partial charge in [0.25, 0.3) is 0 Å². The first-order valence-corrected chi connectivity index (χ1v) is 4.68. The fourth-order valence-corrected chi connectivity index (χ4v) is 1.51. The predicted octanol–water partition coefficient (Wildman–Crippen LogP) is 1.18. The molecule has 2 aromatic rings. The van der Waals surface area contributed by atoms with Crippen molar-refractivity contribution in [2.75, 3.05) is 5.32 Å². The Labute approximate surface area is 79.2 Å². The number of aromatic amines is 1. The topological polar surface area (TPSA) is 66.5 Å². The van der Waals surface area contributed by atoms with Crippen LogP contribution in [-0.4, -0.2) is 20.4 Å². The van der Waals surface area contributed by atoms with Crippen LogP contribution in [0.2, 0.25) is 0 Å². The van der Waals surface area contributed by atoms with Gasteiger partial charge in [-0.3, -0.25) is 5.10 Å². The van der Waals surface area contributed by atoms with E-state index in [2.05, 4.69) is 25.7 Å². The smallest absolute Gasteiger partial charge is 0.205 e. The van der Waals surface area contributed by atoms with E-state index in [1.807, 2.05) is 13.1 Å². The lowest BCUT2D eigenvalue weighted by Gasteiger charge is -1.96. The van der Waals surface area contributed by atoms with Crippen LogP contribution >= 0.6 is 11.3 Å². The zero-order chi connectivity index (χ0) is 9.10.